The average Bonchev–Trinajstić information content (AvgIpc) is 1.96. The van der Waals surface area contributed by atoms with Crippen molar-refractivity contribution in [1.82, 2.24) is 4.98 Å². The lowest BCUT2D eigenvalue weighted by Crippen LogP contribution is -2.01. The number of pyridine rings is 1. The largest absolute Gasteiger partial charge is 0.384 e. The third kappa shape index (κ3) is 1.79. The molecule has 0 radical (unpaired) electrons. The molecule has 0 amide bonds. The van der Waals surface area contributed by atoms with E-state index in [0.717, 1.165) is 6.07 Å². The van der Waals surface area contributed by atoms with E-state index in [1.165, 1.54) is 22.6 Å². The molecule has 66 valence electrons. The van der Waals surface area contributed by atoms with E-state index in [0.29, 0.717) is 0 Å². The molecule has 0 aromatic carbocycles. The highest BCUT2D eigenvalue weighted by molar-refractivity contribution is 14.1. The number of anilines is 1. The second kappa shape index (κ2) is 3.46. The Kier molecular flexibility index (Phi) is 2.76. The average molecular weight is 288 g/mol. The third-order valence-electron chi connectivity index (χ3n) is 1.20. The predicted molar refractivity (Wildman–Crippen MR) is 46.3 cm³/mol. The maximum Gasteiger partial charge on any atom is 0.266 e. The van der Waals surface area contributed by atoms with Gasteiger partial charge in [-0.2, -0.15) is 0 Å². The summed E-state index contributed by atoms with van der Waals surface area (Å²) in [6.07, 6.45) is -2.86. The maximum atomic E-state index is 12.8. The summed E-state index contributed by atoms with van der Waals surface area (Å²) in [7, 11) is 0. The quantitative estimate of drug-likeness (QED) is 0.636. The minimum Gasteiger partial charge on any atom is -0.384 e. The lowest BCUT2D eigenvalue weighted by atomic mass is 10.2. The van der Waals surface area contributed by atoms with Crippen LogP contribution in [-0.4, -0.2) is 4.98 Å². The lowest BCUT2D eigenvalue weighted by molar-refractivity contribution is 0.146. The van der Waals surface area contributed by atoms with Gasteiger partial charge in [0.05, 0.1) is 5.56 Å². The summed E-state index contributed by atoms with van der Waals surface area (Å²) in [5.41, 5.74) is 4.45. The van der Waals surface area contributed by atoms with Crippen LogP contribution in [0.5, 0.6) is 0 Å². The van der Waals surface area contributed by atoms with Gasteiger partial charge in [-0.05, 0) is 28.7 Å². The molecular weight excluding hydrogens is 284 g/mol. The molecule has 0 bridgehead atoms. The normalized spacial score (nSPS) is 10.8. The van der Waals surface area contributed by atoms with E-state index in [2.05, 4.69) is 4.98 Å². The standard InChI is InChI=1S/C6H4F3IN2/c7-4-2(5(8)9)1-3(11)12-6(4)10/h1,5H,(H2,11,12). The van der Waals surface area contributed by atoms with Crippen LogP contribution in [0.3, 0.4) is 0 Å². The van der Waals surface area contributed by atoms with Gasteiger partial charge in [0.25, 0.3) is 6.43 Å². The van der Waals surface area contributed by atoms with Gasteiger partial charge in [-0.25, -0.2) is 18.2 Å². The molecule has 0 atom stereocenters. The first-order chi connectivity index (χ1) is 5.52. The first-order valence-electron chi connectivity index (χ1n) is 2.92. The summed E-state index contributed by atoms with van der Waals surface area (Å²) < 4.78 is 36.8. The van der Waals surface area contributed by atoms with Gasteiger partial charge in [0.15, 0.2) is 5.82 Å². The molecule has 12 heavy (non-hydrogen) atoms. The predicted octanol–water partition coefficient (Wildman–Crippen LogP) is 2.35. The van der Waals surface area contributed by atoms with E-state index in [4.69, 9.17) is 5.73 Å². The van der Waals surface area contributed by atoms with Crippen LogP contribution >= 0.6 is 22.6 Å². The Morgan fingerprint density at radius 2 is 2.08 bits per heavy atom. The van der Waals surface area contributed by atoms with Crippen molar-refractivity contribution in [1.29, 1.82) is 0 Å². The highest BCUT2D eigenvalue weighted by atomic mass is 127. The topological polar surface area (TPSA) is 38.9 Å². The number of halogens is 4. The lowest BCUT2D eigenvalue weighted by Gasteiger charge is -2.03. The molecule has 6 heteroatoms. The Morgan fingerprint density at radius 3 is 2.58 bits per heavy atom. The Bertz CT molecular complexity index is 303. The van der Waals surface area contributed by atoms with Crippen LogP contribution in [0.25, 0.3) is 0 Å². The van der Waals surface area contributed by atoms with Gasteiger partial charge < -0.3 is 5.73 Å². The minimum absolute atomic E-state index is 0.101. The Morgan fingerprint density at radius 1 is 1.50 bits per heavy atom. The molecule has 2 N–H and O–H groups in total. The zero-order valence-electron chi connectivity index (χ0n) is 5.69. The first-order valence-corrected chi connectivity index (χ1v) is 4.00. The number of hydrogen-bond acceptors (Lipinski definition) is 2. The van der Waals surface area contributed by atoms with Crippen molar-refractivity contribution < 1.29 is 13.2 Å². The number of aromatic nitrogens is 1. The summed E-state index contributed by atoms with van der Waals surface area (Å²) in [4.78, 5) is 3.47. The van der Waals surface area contributed by atoms with Crippen molar-refractivity contribution in [2.75, 3.05) is 5.73 Å². The second-order valence-corrected chi connectivity index (χ2v) is 3.06. The summed E-state index contributed by atoms with van der Waals surface area (Å²) in [6.45, 7) is 0. The van der Waals surface area contributed by atoms with Gasteiger partial charge in [0.1, 0.15) is 9.52 Å². The van der Waals surface area contributed by atoms with Crippen molar-refractivity contribution >= 4 is 28.4 Å². The van der Waals surface area contributed by atoms with Gasteiger partial charge in [-0.3, -0.25) is 0 Å². The summed E-state index contributed by atoms with van der Waals surface area (Å²) in [6, 6.07) is 0.835. The molecule has 0 saturated carbocycles. The molecule has 0 fully saturated rings. The van der Waals surface area contributed by atoms with Gasteiger partial charge >= 0.3 is 0 Å². The maximum absolute atomic E-state index is 12.8. The molecule has 0 spiro atoms. The first kappa shape index (κ1) is 9.56. The molecule has 1 aromatic rings. The van der Waals surface area contributed by atoms with Gasteiger partial charge in [-0.1, -0.05) is 0 Å². The Hall–Kier alpha value is -0.530. The van der Waals surface area contributed by atoms with Crippen LogP contribution in [0.15, 0.2) is 6.07 Å². The fourth-order valence-corrected chi connectivity index (χ4v) is 1.29. The van der Waals surface area contributed by atoms with Gasteiger partial charge in [0.2, 0.25) is 0 Å². The van der Waals surface area contributed by atoms with Gasteiger partial charge in [-0.15, -0.1) is 0 Å². The summed E-state index contributed by atoms with van der Waals surface area (Å²) >= 11 is 1.51. The van der Waals surface area contributed by atoms with Crippen LogP contribution in [0.1, 0.15) is 12.0 Å². The van der Waals surface area contributed by atoms with Crippen molar-refractivity contribution in [2.24, 2.45) is 0 Å². The van der Waals surface area contributed by atoms with E-state index in [1.807, 2.05) is 0 Å². The van der Waals surface area contributed by atoms with Crippen molar-refractivity contribution in [3.8, 4) is 0 Å². The SMILES string of the molecule is Nc1cc(C(F)F)c(F)c(I)n1. The highest BCUT2D eigenvalue weighted by Gasteiger charge is 2.17. The van der Waals surface area contributed by atoms with E-state index in [9.17, 15) is 13.2 Å². The molecule has 0 aliphatic heterocycles. The zero-order chi connectivity index (χ0) is 9.30. The molecular formula is C6H4F3IN2. The van der Waals surface area contributed by atoms with Crippen LogP contribution in [0.4, 0.5) is 19.0 Å². The van der Waals surface area contributed by atoms with Crippen molar-refractivity contribution in [3.63, 3.8) is 0 Å². The van der Waals surface area contributed by atoms with E-state index in [1.54, 1.807) is 0 Å². The van der Waals surface area contributed by atoms with Crippen LogP contribution in [0, 0.1) is 9.52 Å². The molecule has 0 aliphatic carbocycles. The number of nitrogen functional groups attached to an aromatic ring is 1. The molecule has 1 heterocycles. The third-order valence-corrected chi connectivity index (χ3v) is 1.92. The van der Waals surface area contributed by atoms with Crippen LogP contribution < -0.4 is 5.73 Å². The van der Waals surface area contributed by atoms with Gasteiger partial charge in [0, 0.05) is 0 Å². The highest BCUT2D eigenvalue weighted by Crippen LogP contribution is 2.25. The molecule has 0 unspecified atom stereocenters. The minimum atomic E-state index is -2.86. The molecule has 1 rings (SSSR count). The fourth-order valence-electron chi connectivity index (χ4n) is 0.695. The monoisotopic (exact) mass is 288 g/mol. The zero-order valence-corrected chi connectivity index (χ0v) is 7.85. The number of nitrogens with zero attached hydrogens (tertiary/aromatic N) is 1. The van der Waals surface area contributed by atoms with Crippen LogP contribution in [0.2, 0.25) is 0 Å². The van der Waals surface area contributed by atoms with Crippen LogP contribution in [-0.2, 0) is 0 Å². The molecule has 0 aliphatic rings. The van der Waals surface area contributed by atoms with Crippen molar-refractivity contribution in [3.05, 3.63) is 21.1 Å². The fraction of sp³-hybridized carbons (Fsp3) is 0.167. The van der Waals surface area contributed by atoms with E-state index >= 15 is 0 Å². The smallest absolute Gasteiger partial charge is 0.266 e. The Balaban J connectivity index is 3.28. The number of alkyl halides is 2. The second-order valence-electron chi connectivity index (χ2n) is 2.04. The summed E-state index contributed by atoms with van der Waals surface area (Å²) in [5, 5.41) is 0. The van der Waals surface area contributed by atoms with E-state index < -0.39 is 17.8 Å². The number of hydrogen-bond donors (Lipinski definition) is 1. The molecule has 2 nitrogen and oxygen atoms in total. The Labute approximate surface area is 80.1 Å². The van der Waals surface area contributed by atoms with E-state index in [-0.39, 0.29) is 9.52 Å². The molecule has 0 saturated heterocycles. The van der Waals surface area contributed by atoms with Crippen molar-refractivity contribution in [2.45, 2.75) is 6.43 Å². The molecule has 1 aromatic heterocycles. The number of rotatable bonds is 1. The number of nitrogens with two attached hydrogens (primary N) is 1. The summed E-state index contributed by atoms with van der Waals surface area (Å²) in [5.74, 6) is -1.10.